The quantitative estimate of drug-likeness (QED) is 0.453. The van der Waals surface area contributed by atoms with Crippen molar-refractivity contribution in [2.75, 3.05) is 6.61 Å². The van der Waals surface area contributed by atoms with Gasteiger partial charge in [-0.2, -0.15) is 5.26 Å². The molecule has 0 aliphatic rings. The SMILES string of the molecule is CCCOC(=O)/C(C#N)=C/c1cccc(C)c1. The van der Waals surface area contributed by atoms with Gasteiger partial charge >= 0.3 is 5.97 Å². The molecule has 0 unspecified atom stereocenters. The zero-order valence-electron chi connectivity index (χ0n) is 10.1. The Balaban J connectivity index is 2.87. The van der Waals surface area contributed by atoms with E-state index in [1.165, 1.54) is 0 Å². The minimum absolute atomic E-state index is 0.0315. The Hall–Kier alpha value is -2.08. The summed E-state index contributed by atoms with van der Waals surface area (Å²) in [5, 5.41) is 8.91. The van der Waals surface area contributed by atoms with Crippen molar-refractivity contribution in [2.24, 2.45) is 0 Å². The average molecular weight is 229 g/mol. The van der Waals surface area contributed by atoms with Gasteiger partial charge in [0.1, 0.15) is 11.6 Å². The maximum Gasteiger partial charge on any atom is 0.348 e. The maximum absolute atomic E-state index is 11.5. The molecule has 88 valence electrons. The van der Waals surface area contributed by atoms with E-state index in [4.69, 9.17) is 10.00 Å². The molecule has 1 aromatic rings. The number of esters is 1. The van der Waals surface area contributed by atoms with Gasteiger partial charge in [-0.05, 0) is 25.0 Å². The number of ether oxygens (including phenoxy) is 1. The number of nitrogens with zero attached hydrogens (tertiary/aromatic N) is 1. The summed E-state index contributed by atoms with van der Waals surface area (Å²) in [6.07, 6.45) is 2.29. The lowest BCUT2D eigenvalue weighted by atomic mass is 10.1. The van der Waals surface area contributed by atoms with Crippen molar-refractivity contribution >= 4 is 12.0 Å². The molecule has 0 heterocycles. The lowest BCUT2D eigenvalue weighted by Crippen LogP contribution is -2.07. The van der Waals surface area contributed by atoms with E-state index in [9.17, 15) is 4.79 Å². The summed E-state index contributed by atoms with van der Waals surface area (Å²) >= 11 is 0. The molecular weight excluding hydrogens is 214 g/mol. The fraction of sp³-hybridized carbons (Fsp3) is 0.286. The average Bonchev–Trinajstić information content (AvgIpc) is 2.33. The lowest BCUT2D eigenvalue weighted by Gasteiger charge is -2.01. The van der Waals surface area contributed by atoms with Crippen LogP contribution in [0.25, 0.3) is 6.08 Å². The molecule has 0 bridgehead atoms. The van der Waals surface area contributed by atoms with Crippen LogP contribution in [0.15, 0.2) is 29.8 Å². The number of nitriles is 1. The van der Waals surface area contributed by atoms with E-state index in [0.29, 0.717) is 6.61 Å². The molecule has 0 N–H and O–H groups in total. The van der Waals surface area contributed by atoms with Crippen molar-refractivity contribution in [2.45, 2.75) is 20.3 Å². The summed E-state index contributed by atoms with van der Waals surface area (Å²) in [6.45, 7) is 4.20. The number of carbonyl (C=O) groups is 1. The van der Waals surface area contributed by atoms with Gasteiger partial charge in [-0.1, -0.05) is 36.8 Å². The minimum Gasteiger partial charge on any atom is -0.462 e. The van der Waals surface area contributed by atoms with Gasteiger partial charge in [-0.15, -0.1) is 0 Å². The van der Waals surface area contributed by atoms with Crippen molar-refractivity contribution in [3.63, 3.8) is 0 Å². The molecule has 1 aromatic carbocycles. The topological polar surface area (TPSA) is 50.1 Å². The van der Waals surface area contributed by atoms with Crippen LogP contribution in [0.3, 0.4) is 0 Å². The largest absolute Gasteiger partial charge is 0.462 e. The fourth-order valence-electron chi connectivity index (χ4n) is 1.34. The number of benzene rings is 1. The third-order valence-corrected chi connectivity index (χ3v) is 2.13. The number of hydrogen-bond donors (Lipinski definition) is 0. The molecule has 0 aromatic heterocycles. The zero-order chi connectivity index (χ0) is 12.7. The van der Waals surface area contributed by atoms with Crippen LogP contribution >= 0.6 is 0 Å². The summed E-state index contributed by atoms with van der Waals surface area (Å²) in [7, 11) is 0. The summed E-state index contributed by atoms with van der Waals surface area (Å²) in [6, 6.07) is 9.46. The maximum atomic E-state index is 11.5. The molecule has 17 heavy (non-hydrogen) atoms. The van der Waals surface area contributed by atoms with Crippen LogP contribution in [0.2, 0.25) is 0 Å². The normalized spacial score (nSPS) is 10.8. The predicted octanol–water partition coefficient (Wildman–Crippen LogP) is 2.86. The molecule has 0 amide bonds. The number of carbonyl (C=O) groups excluding carboxylic acids is 1. The number of hydrogen-bond acceptors (Lipinski definition) is 3. The van der Waals surface area contributed by atoms with Crippen molar-refractivity contribution in [1.29, 1.82) is 5.26 Å². The molecule has 0 atom stereocenters. The lowest BCUT2D eigenvalue weighted by molar-refractivity contribution is -0.138. The molecule has 1 rings (SSSR count). The van der Waals surface area contributed by atoms with Crippen LogP contribution in [0, 0.1) is 18.3 Å². The van der Waals surface area contributed by atoms with Gasteiger partial charge in [0.15, 0.2) is 0 Å². The Bertz CT molecular complexity index is 469. The van der Waals surface area contributed by atoms with Gasteiger partial charge in [-0.3, -0.25) is 0 Å². The first-order valence-electron chi connectivity index (χ1n) is 5.53. The van der Waals surface area contributed by atoms with Crippen LogP contribution in [0.1, 0.15) is 24.5 Å². The molecule has 0 radical (unpaired) electrons. The first-order valence-corrected chi connectivity index (χ1v) is 5.53. The third kappa shape index (κ3) is 4.12. The van der Waals surface area contributed by atoms with Gasteiger partial charge in [0.05, 0.1) is 6.61 Å². The van der Waals surface area contributed by atoms with Gasteiger partial charge in [0, 0.05) is 0 Å². The van der Waals surface area contributed by atoms with Gasteiger partial charge in [0.2, 0.25) is 0 Å². The van der Waals surface area contributed by atoms with E-state index in [0.717, 1.165) is 17.5 Å². The van der Waals surface area contributed by atoms with Crippen LogP contribution in [-0.2, 0) is 9.53 Å². The Morgan fingerprint density at radius 3 is 2.88 bits per heavy atom. The Morgan fingerprint density at radius 1 is 1.53 bits per heavy atom. The van der Waals surface area contributed by atoms with E-state index in [1.54, 1.807) is 6.08 Å². The summed E-state index contributed by atoms with van der Waals surface area (Å²) in [5.41, 5.74) is 1.94. The highest BCUT2D eigenvalue weighted by Gasteiger charge is 2.09. The van der Waals surface area contributed by atoms with E-state index in [-0.39, 0.29) is 5.57 Å². The van der Waals surface area contributed by atoms with Crippen molar-refractivity contribution in [3.8, 4) is 6.07 Å². The first-order chi connectivity index (χ1) is 8.17. The highest BCUT2D eigenvalue weighted by molar-refractivity contribution is 5.97. The van der Waals surface area contributed by atoms with Crippen molar-refractivity contribution in [3.05, 3.63) is 41.0 Å². The summed E-state index contributed by atoms with van der Waals surface area (Å²) in [5.74, 6) is -0.559. The minimum atomic E-state index is -0.559. The number of aryl methyl sites for hydroxylation is 1. The third-order valence-electron chi connectivity index (χ3n) is 2.13. The fourth-order valence-corrected chi connectivity index (χ4v) is 1.34. The predicted molar refractivity (Wildman–Crippen MR) is 66.0 cm³/mol. The molecule has 0 spiro atoms. The van der Waals surface area contributed by atoms with Crippen molar-refractivity contribution in [1.82, 2.24) is 0 Å². The van der Waals surface area contributed by atoms with Crippen molar-refractivity contribution < 1.29 is 9.53 Å². The summed E-state index contributed by atoms with van der Waals surface area (Å²) < 4.78 is 4.92. The molecule has 0 aliphatic carbocycles. The van der Waals surface area contributed by atoms with Crippen LogP contribution in [-0.4, -0.2) is 12.6 Å². The summed E-state index contributed by atoms with van der Waals surface area (Å²) in [4.78, 5) is 11.5. The second-order valence-corrected chi connectivity index (χ2v) is 3.72. The molecule has 0 saturated heterocycles. The standard InChI is InChI=1S/C14H15NO2/c1-3-7-17-14(16)13(10-15)9-12-6-4-5-11(2)8-12/h4-6,8-9H,3,7H2,1-2H3/b13-9+. The highest BCUT2D eigenvalue weighted by atomic mass is 16.5. The molecule has 3 heteroatoms. The Morgan fingerprint density at radius 2 is 2.29 bits per heavy atom. The van der Waals surface area contributed by atoms with E-state index >= 15 is 0 Å². The molecule has 0 fully saturated rings. The van der Waals surface area contributed by atoms with E-state index in [1.807, 2.05) is 44.2 Å². The van der Waals surface area contributed by atoms with E-state index in [2.05, 4.69) is 0 Å². The molecule has 0 saturated carbocycles. The van der Waals surface area contributed by atoms with Gasteiger partial charge < -0.3 is 4.74 Å². The molecule has 0 aliphatic heterocycles. The first kappa shape index (κ1) is 13.0. The highest BCUT2D eigenvalue weighted by Crippen LogP contribution is 2.10. The van der Waals surface area contributed by atoms with Gasteiger partial charge in [-0.25, -0.2) is 4.79 Å². The second-order valence-electron chi connectivity index (χ2n) is 3.72. The molecular formula is C14H15NO2. The monoisotopic (exact) mass is 229 g/mol. The van der Waals surface area contributed by atoms with E-state index < -0.39 is 5.97 Å². The van der Waals surface area contributed by atoms with Crippen LogP contribution < -0.4 is 0 Å². The zero-order valence-corrected chi connectivity index (χ0v) is 10.1. The Labute approximate surface area is 101 Å². The second kappa shape index (κ2) is 6.49. The molecule has 3 nitrogen and oxygen atoms in total. The van der Waals surface area contributed by atoms with Crippen LogP contribution in [0.4, 0.5) is 0 Å². The van der Waals surface area contributed by atoms with Gasteiger partial charge in [0.25, 0.3) is 0 Å². The Kier molecular flexibility index (Phi) is 4.96. The number of rotatable bonds is 4. The smallest absolute Gasteiger partial charge is 0.348 e. The van der Waals surface area contributed by atoms with Crippen LogP contribution in [0.5, 0.6) is 0 Å².